The van der Waals surface area contributed by atoms with Gasteiger partial charge in [-0.05, 0) is 101 Å². The van der Waals surface area contributed by atoms with Crippen molar-refractivity contribution in [2.24, 2.45) is 0 Å². The highest BCUT2D eigenvalue weighted by Crippen LogP contribution is 2.38. The Labute approximate surface area is 246 Å². The Kier molecular flexibility index (Phi) is 9.47. The minimum absolute atomic E-state index is 0.0340. The van der Waals surface area contributed by atoms with E-state index in [9.17, 15) is 23.6 Å². The van der Waals surface area contributed by atoms with Gasteiger partial charge in [0.1, 0.15) is 11.6 Å². The first-order valence-electron chi connectivity index (χ1n) is 11.8. The van der Waals surface area contributed by atoms with Crippen molar-refractivity contribution in [3.8, 4) is 11.5 Å². The van der Waals surface area contributed by atoms with Gasteiger partial charge < -0.3 is 23.9 Å². The third-order valence-electron chi connectivity index (χ3n) is 5.34. The number of methoxy groups -OCH3 is 1. The van der Waals surface area contributed by atoms with Crippen molar-refractivity contribution in [2.45, 2.75) is 13.5 Å². The molecule has 0 saturated carbocycles. The molecule has 0 atom stereocenters. The van der Waals surface area contributed by atoms with Gasteiger partial charge in [0.2, 0.25) is 5.76 Å². The SMILES string of the molecule is CCOc1cc(/C=C2/SC(=O)N(Cc3ccc(C(=O)OC)o3)C2=O)cc(I)c1OCC(=O)Nc1ccc(F)cc1. The summed E-state index contributed by atoms with van der Waals surface area (Å²) in [5.74, 6) is -1.14. The second-order valence-corrected chi connectivity index (χ2v) is 10.3. The number of anilines is 1. The number of hydrogen-bond donors (Lipinski definition) is 1. The molecule has 1 aromatic heterocycles. The topological polar surface area (TPSA) is 124 Å². The number of esters is 1. The summed E-state index contributed by atoms with van der Waals surface area (Å²) in [7, 11) is 1.22. The lowest BCUT2D eigenvalue weighted by Gasteiger charge is -2.15. The Morgan fingerprint density at radius 3 is 2.58 bits per heavy atom. The fourth-order valence-electron chi connectivity index (χ4n) is 3.56. The van der Waals surface area contributed by atoms with Crippen LogP contribution in [0.4, 0.5) is 14.9 Å². The van der Waals surface area contributed by atoms with Crippen LogP contribution in [0.1, 0.15) is 28.8 Å². The summed E-state index contributed by atoms with van der Waals surface area (Å²) in [6.07, 6.45) is 1.56. The third-order valence-corrected chi connectivity index (χ3v) is 7.05. The normalized spacial score (nSPS) is 14.0. The van der Waals surface area contributed by atoms with Gasteiger partial charge in [-0.25, -0.2) is 9.18 Å². The molecule has 40 heavy (non-hydrogen) atoms. The summed E-state index contributed by atoms with van der Waals surface area (Å²) in [6.45, 7) is 1.63. The van der Waals surface area contributed by atoms with Crippen molar-refractivity contribution < 1.29 is 42.2 Å². The molecule has 3 aromatic rings. The molecule has 3 amide bonds. The molecule has 1 fully saturated rings. The summed E-state index contributed by atoms with van der Waals surface area (Å²) < 4.78 is 35.1. The van der Waals surface area contributed by atoms with E-state index in [4.69, 9.17) is 13.9 Å². The van der Waals surface area contributed by atoms with Crippen LogP contribution in [0.15, 0.2) is 57.9 Å². The molecule has 2 aromatic carbocycles. The zero-order valence-electron chi connectivity index (χ0n) is 21.2. The van der Waals surface area contributed by atoms with Gasteiger partial charge in [0.25, 0.3) is 17.1 Å². The predicted molar refractivity (Wildman–Crippen MR) is 152 cm³/mol. The van der Waals surface area contributed by atoms with Crippen LogP contribution in [-0.2, 0) is 20.9 Å². The number of imide groups is 1. The standard InChI is InChI=1S/C27H22FIN2O8S/c1-3-37-21-11-15(10-19(29)24(21)38-14-23(32)30-17-6-4-16(28)5-7-17)12-22-25(33)31(27(35)40-22)13-18-8-9-20(39-18)26(34)36-2/h4-12H,3,13-14H2,1-2H3,(H,30,32)/b22-12+. The molecule has 0 unspecified atom stereocenters. The van der Waals surface area contributed by atoms with E-state index in [-0.39, 0.29) is 29.6 Å². The van der Waals surface area contributed by atoms with Crippen molar-refractivity contribution in [3.63, 3.8) is 0 Å². The number of amides is 3. The van der Waals surface area contributed by atoms with Crippen molar-refractivity contribution in [2.75, 3.05) is 25.6 Å². The van der Waals surface area contributed by atoms with Crippen molar-refractivity contribution >= 4 is 69.1 Å². The highest BCUT2D eigenvalue weighted by Gasteiger charge is 2.36. The summed E-state index contributed by atoms with van der Waals surface area (Å²) in [5.41, 5.74) is 1.00. The third kappa shape index (κ3) is 7.01. The molecule has 1 saturated heterocycles. The van der Waals surface area contributed by atoms with Gasteiger partial charge in [0, 0.05) is 5.69 Å². The van der Waals surface area contributed by atoms with Crippen molar-refractivity contribution in [1.29, 1.82) is 0 Å². The zero-order chi connectivity index (χ0) is 28.8. The molecule has 0 aliphatic carbocycles. The Hall–Kier alpha value is -3.85. The molecular weight excluding hydrogens is 658 g/mol. The van der Waals surface area contributed by atoms with E-state index in [1.54, 1.807) is 25.1 Å². The number of rotatable bonds is 10. The predicted octanol–water partition coefficient (Wildman–Crippen LogP) is 5.46. The lowest BCUT2D eigenvalue weighted by molar-refractivity contribution is -0.123. The van der Waals surface area contributed by atoms with Gasteiger partial charge in [-0.3, -0.25) is 19.3 Å². The molecule has 208 valence electrons. The number of thioether (sulfide) groups is 1. The zero-order valence-corrected chi connectivity index (χ0v) is 24.2. The van der Waals surface area contributed by atoms with Gasteiger partial charge in [-0.2, -0.15) is 0 Å². The molecule has 13 heteroatoms. The lowest BCUT2D eigenvalue weighted by Crippen LogP contribution is -2.27. The quantitative estimate of drug-likeness (QED) is 0.169. The Bertz CT molecular complexity index is 1490. The molecule has 2 heterocycles. The van der Waals surface area contributed by atoms with Crippen molar-refractivity contribution in [1.82, 2.24) is 4.90 Å². The number of carbonyl (C=O) groups excluding carboxylic acids is 4. The van der Waals surface area contributed by atoms with Gasteiger partial charge in [0.15, 0.2) is 18.1 Å². The molecule has 1 aliphatic rings. The number of carbonyl (C=O) groups is 4. The second-order valence-electron chi connectivity index (χ2n) is 8.13. The molecule has 10 nitrogen and oxygen atoms in total. The van der Waals surface area contributed by atoms with E-state index in [1.807, 2.05) is 22.6 Å². The van der Waals surface area contributed by atoms with Crippen LogP contribution in [0.5, 0.6) is 11.5 Å². The summed E-state index contributed by atoms with van der Waals surface area (Å²) in [6, 6.07) is 11.6. The van der Waals surface area contributed by atoms with Gasteiger partial charge in [-0.1, -0.05) is 0 Å². The van der Waals surface area contributed by atoms with E-state index in [0.29, 0.717) is 32.9 Å². The van der Waals surface area contributed by atoms with Crippen LogP contribution in [0.25, 0.3) is 6.08 Å². The Morgan fingerprint density at radius 2 is 1.88 bits per heavy atom. The molecular formula is C27H22FIN2O8S. The van der Waals surface area contributed by atoms with Gasteiger partial charge in [0.05, 0.1) is 28.7 Å². The Morgan fingerprint density at radius 1 is 1.12 bits per heavy atom. The van der Waals surface area contributed by atoms with Crippen molar-refractivity contribution in [3.05, 3.63) is 79.9 Å². The number of ether oxygens (including phenoxy) is 3. The highest BCUT2D eigenvalue weighted by molar-refractivity contribution is 14.1. The largest absolute Gasteiger partial charge is 0.490 e. The minimum Gasteiger partial charge on any atom is -0.490 e. The average molecular weight is 680 g/mol. The van der Waals surface area contributed by atoms with Crippen LogP contribution < -0.4 is 14.8 Å². The molecule has 1 N–H and O–H groups in total. The minimum atomic E-state index is -0.666. The first kappa shape index (κ1) is 29.1. The average Bonchev–Trinajstić information content (AvgIpc) is 3.49. The first-order chi connectivity index (χ1) is 19.2. The number of nitrogens with one attached hydrogen (secondary N) is 1. The molecule has 0 radical (unpaired) electrons. The molecule has 0 spiro atoms. The monoisotopic (exact) mass is 680 g/mol. The van der Waals surface area contributed by atoms with Crippen LogP contribution >= 0.6 is 34.4 Å². The van der Waals surface area contributed by atoms with Gasteiger partial charge >= 0.3 is 5.97 Å². The van der Waals surface area contributed by atoms with E-state index < -0.39 is 28.8 Å². The Balaban J connectivity index is 1.47. The smallest absolute Gasteiger partial charge is 0.373 e. The number of furan rings is 1. The number of benzene rings is 2. The van der Waals surface area contributed by atoms with E-state index in [1.165, 1.54) is 43.5 Å². The maximum Gasteiger partial charge on any atom is 0.373 e. The van der Waals surface area contributed by atoms with Crippen LogP contribution in [0.2, 0.25) is 0 Å². The maximum atomic E-state index is 13.1. The van der Waals surface area contributed by atoms with Gasteiger partial charge in [-0.15, -0.1) is 0 Å². The van der Waals surface area contributed by atoms with E-state index in [0.717, 1.165) is 16.7 Å². The number of hydrogen-bond acceptors (Lipinski definition) is 9. The molecule has 4 rings (SSSR count). The van der Waals surface area contributed by atoms with Crippen LogP contribution in [0, 0.1) is 9.39 Å². The number of halogens is 2. The summed E-state index contributed by atoms with van der Waals surface area (Å²) in [5, 5.41) is 2.13. The summed E-state index contributed by atoms with van der Waals surface area (Å²) in [4.78, 5) is 50.7. The molecule has 1 aliphatic heterocycles. The van der Waals surface area contributed by atoms with Crippen LogP contribution in [-0.4, -0.2) is 48.2 Å². The fraction of sp³-hybridized carbons (Fsp3) is 0.185. The van der Waals surface area contributed by atoms with E-state index in [2.05, 4.69) is 10.1 Å². The highest BCUT2D eigenvalue weighted by atomic mass is 127. The fourth-order valence-corrected chi connectivity index (χ4v) is 5.18. The van der Waals surface area contributed by atoms with Crippen LogP contribution in [0.3, 0.4) is 0 Å². The lowest BCUT2D eigenvalue weighted by atomic mass is 10.2. The van der Waals surface area contributed by atoms with E-state index >= 15 is 0 Å². The second kappa shape index (κ2) is 13.0. The molecule has 0 bridgehead atoms. The summed E-state index contributed by atoms with van der Waals surface area (Å²) >= 11 is 2.80. The maximum absolute atomic E-state index is 13.1. The first-order valence-corrected chi connectivity index (χ1v) is 13.6. The number of nitrogens with zero attached hydrogens (tertiary/aromatic N) is 1.